The highest BCUT2D eigenvalue weighted by Gasteiger charge is 2.27. The number of nitrogens with one attached hydrogen (secondary N) is 2. The van der Waals surface area contributed by atoms with Gasteiger partial charge in [-0.2, -0.15) is 0 Å². The van der Waals surface area contributed by atoms with Crippen LogP contribution in [0.15, 0.2) is 6.07 Å². The van der Waals surface area contributed by atoms with E-state index in [1.165, 1.54) is 12.8 Å². The summed E-state index contributed by atoms with van der Waals surface area (Å²) in [6.07, 6.45) is 2.72. The van der Waals surface area contributed by atoms with E-state index in [4.69, 9.17) is 0 Å². The fourth-order valence-corrected chi connectivity index (χ4v) is 2.37. The van der Waals surface area contributed by atoms with Gasteiger partial charge in [-0.3, -0.25) is 4.90 Å². The second-order valence-corrected chi connectivity index (χ2v) is 6.75. The zero-order valence-corrected chi connectivity index (χ0v) is 14.0. The van der Waals surface area contributed by atoms with Crippen molar-refractivity contribution < 1.29 is 0 Å². The lowest BCUT2D eigenvalue weighted by atomic mass is 9.96. The minimum absolute atomic E-state index is 0.0489. The minimum atomic E-state index is -0.0489. The van der Waals surface area contributed by atoms with Crippen molar-refractivity contribution in [2.75, 3.05) is 37.3 Å². The Labute approximate surface area is 128 Å². The van der Waals surface area contributed by atoms with Crippen molar-refractivity contribution in [1.82, 2.24) is 14.9 Å². The number of hydrogen-bond donors (Lipinski definition) is 2. The standard InChI is InChI=1S/C16H29N5/c1-6-21(12-7-8-12)10-9-18-14-11-13(17-5)19-15(20-14)16(2,3)4/h11-12H,6-10H2,1-5H3,(H2,17,18,19,20). The lowest BCUT2D eigenvalue weighted by Gasteiger charge is -2.21. The van der Waals surface area contributed by atoms with Gasteiger partial charge >= 0.3 is 0 Å². The number of aromatic nitrogens is 2. The molecule has 1 heterocycles. The first-order chi connectivity index (χ1) is 9.94. The van der Waals surface area contributed by atoms with Gasteiger partial charge in [0.1, 0.15) is 17.5 Å². The maximum atomic E-state index is 4.66. The Kier molecular flexibility index (Phi) is 5.04. The molecule has 0 unspecified atom stereocenters. The van der Waals surface area contributed by atoms with E-state index in [2.05, 4.69) is 53.2 Å². The topological polar surface area (TPSA) is 53.1 Å². The monoisotopic (exact) mass is 291 g/mol. The van der Waals surface area contributed by atoms with Crippen molar-refractivity contribution in [3.05, 3.63) is 11.9 Å². The van der Waals surface area contributed by atoms with Gasteiger partial charge in [-0.15, -0.1) is 0 Å². The van der Waals surface area contributed by atoms with Gasteiger partial charge in [0.25, 0.3) is 0 Å². The summed E-state index contributed by atoms with van der Waals surface area (Å²) in [5, 5.41) is 6.56. The summed E-state index contributed by atoms with van der Waals surface area (Å²) in [5.74, 6) is 2.64. The zero-order valence-electron chi connectivity index (χ0n) is 14.0. The number of rotatable bonds is 7. The van der Waals surface area contributed by atoms with Crippen molar-refractivity contribution in [3.63, 3.8) is 0 Å². The second kappa shape index (κ2) is 6.60. The second-order valence-electron chi connectivity index (χ2n) is 6.75. The van der Waals surface area contributed by atoms with Crippen LogP contribution in [0.2, 0.25) is 0 Å². The van der Waals surface area contributed by atoms with Crippen LogP contribution in [0.25, 0.3) is 0 Å². The molecule has 118 valence electrons. The van der Waals surface area contributed by atoms with Crippen LogP contribution in [-0.2, 0) is 5.41 Å². The van der Waals surface area contributed by atoms with E-state index in [0.29, 0.717) is 0 Å². The minimum Gasteiger partial charge on any atom is -0.373 e. The molecule has 1 aliphatic rings. The number of nitrogens with zero attached hydrogens (tertiary/aromatic N) is 3. The van der Waals surface area contributed by atoms with Crippen molar-refractivity contribution in [2.24, 2.45) is 0 Å². The molecule has 5 heteroatoms. The van der Waals surface area contributed by atoms with Gasteiger partial charge in [-0.25, -0.2) is 9.97 Å². The molecule has 21 heavy (non-hydrogen) atoms. The van der Waals surface area contributed by atoms with Crippen LogP contribution in [0.1, 0.15) is 46.4 Å². The summed E-state index contributed by atoms with van der Waals surface area (Å²) in [4.78, 5) is 11.7. The van der Waals surface area contributed by atoms with E-state index in [-0.39, 0.29) is 5.41 Å². The average Bonchev–Trinajstić information content (AvgIpc) is 3.27. The van der Waals surface area contributed by atoms with Crippen LogP contribution < -0.4 is 10.6 Å². The average molecular weight is 291 g/mol. The molecule has 1 aromatic heterocycles. The van der Waals surface area contributed by atoms with Gasteiger partial charge in [0.05, 0.1) is 0 Å². The van der Waals surface area contributed by atoms with E-state index in [1.807, 2.05) is 13.1 Å². The van der Waals surface area contributed by atoms with Gasteiger partial charge in [0.2, 0.25) is 0 Å². The molecule has 0 amide bonds. The smallest absolute Gasteiger partial charge is 0.138 e. The maximum absolute atomic E-state index is 4.66. The van der Waals surface area contributed by atoms with Gasteiger partial charge < -0.3 is 10.6 Å². The Bertz CT molecular complexity index is 462. The van der Waals surface area contributed by atoms with Gasteiger partial charge in [-0.05, 0) is 19.4 Å². The van der Waals surface area contributed by atoms with Gasteiger partial charge in [0.15, 0.2) is 0 Å². The molecule has 0 aliphatic heterocycles. The van der Waals surface area contributed by atoms with E-state index >= 15 is 0 Å². The van der Waals surface area contributed by atoms with Crippen molar-refractivity contribution >= 4 is 11.6 Å². The molecular formula is C16H29N5. The summed E-state index contributed by atoms with van der Waals surface area (Å²) in [5.41, 5.74) is -0.0489. The highest BCUT2D eigenvalue weighted by Crippen LogP contribution is 2.26. The summed E-state index contributed by atoms with van der Waals surface area (Å²) < 4.78 is 0. The molecule has 1 saturated carbocycles. The quantitative estimate of drug-likeness (QED) is 0.809. The Morgan fingerprint density at radius 1 is 1.24 bits per heavy atom. The highest BCUT2D eigenvalue weighted by atomic mass is 15.2. The predicted molar refractivity (Wildman–Crippen MR) is 89.0 cm³/mol. The normalized spacial score (nSPS) is 15.3. The first kappa shape index (κ1) is 16.0. The number of likely N-dealkylation sites (N-methyl/N-ethyl adjacent to an activating group) is 1. The Balaban J connectivity index is 1.98. The fraction of sp³-hybridized carbons (Fsp3) is 0.750. The van der Waals surface area contributed by atoms with E-state index < -0.39 is 0 Å². The van der Waals surface area contributed by atoms with Gasteiger partial charge in [0, 0.05) is 37.7 Å². The molecule has 0 atom stereocenters. The summed E-state index contributed by atoms with van der Waals surface area (Å²) >= 11 is 0. The third-order valence-corrected chi connectivity index (χ3v) is 3.83. The molecule has 1 aromatic rings. The van der Waals surface area contributed by atoms with Crippen molar-refractivity contribution in [1.29, 1.82) is 0 Å². The third-order valence-electron chi connectivity index (χ3n) is 3.83. The Morgan fingerprint density at radius 3 is 2.43 bits per heavy atom. The summed E-state index contributed by atoms with van der Waals surface area (Å²) in [6, 6.07) is 2.79. The first-order valence-corrected chi connectivity index (χ1v) is 7.99. The summed E-state index contributed by atoms with van der Waals surface area (Å²) in [6.45, 7) is 11.8. The van der Waals surface area contributed by atoms with Crippen LogP contribution in [0, 0.1) is 0 Å². The third kappa shape index (κ3) is 4.56. The van der Waals surface area contributed by atoms with Crippen molar-refractivity contribution in [2.45, 2.75) is 52.0 Å². The largest absolute Gasteiger partial charge is 0.373 e. The molecule has 0 bridgehead atoms. The Hall–Kier alpha value is -1.36. The SMILES string of the molecule is CCN(CCNc1cc(NC)nc(C(C)(C)C)n1)C1CC1. The molecule has 0 saturated heterocycles. The predicted octanol–water partition coefficient (Wildman–Crippen LogP) is 2.71. The number of hydrogen-bond acceptors (Lipinski definition) is 5. The van der Waals surface area contributed by atoms with Crippen LogP contribution >= 0.6 is 0 Å². The van der Waals surface area contributed by atoms with Crippen LogP contribution in [-0.4, -0.2) is 47.6 Å². The maximum Gasteiger partial charge on any atom is 0.138 e. The molecule has 2 N–H and O–H groups in total. The fourth-order valence-electron chi connectivity index (χ4n) is 2.37. The lowest BCUT2D eigenvalue weighted by Crippen LogP contribution is -2.31. The molecule has 1 fully saturated rings. The molecule has 5 nitrogen and oxygen atoms in total. The molecule has 0 spiro atoms. The van der Waals surface area contributed by atoms with Crippen molar-refractivity contribution in [3.8, 4) is 0 Å². The van der Waals surface area contributed by atoms with Gasteiger partial charge in [-0.1, -0.05) is 27.7 Å². The molecule has 0 aromatic carbocycles. The molecule has 0 radical (unpaired) electrons. The highest BCUT2D eigenvalue weighted by molar-refractivity contribution is 5.47. The van der Waals surface area contributed by atoms with E-state index in [9.17, 15) is 0 Å². The zero-order chi connectivity index (χ0) is 15.5. The molecule has 2 rings (SSSR count). The first-order valence-electron chi connectivity index (χ1n) is 7.99. The van der Waals surface area contributed by atoms with E-state index in [0.717, 1.165) is 43.1 Å². The summed E-state index contributed by atoms with van der Waals surface area (Å²) in [7, 11) is 1.89. The number of anilines is 2. The molecule has 1 aliphatic carbocycles. The van der Waals surface area contributed by atoms with Crippen LogP contribution in [0.5, 0.6) is 0 Å². The Morgan fingerprint density at radius 2 is 1.90 bits per heavy atom. The van der Waals surface area contributed by atoms with E-state index in [1.54, 1.807) is 0 Å². The van der Waals surface area contributed by atoms with Crippen LogP contribution in [0.3, 0.4) is 0 Å². The molecular weight excluding hydrogens is 262 g/mol. The lowest BCUT2D eigenvalue weighted by molar-refractivity contribution is 0.289. The van der Waals surface area contributed by atoms with Crippen LogP contribution in [0.4, 0.5) is 11.6 Å².